The van der Waals surface area contributed by atoms with Crippen molar-refractivity contribution < 1.29 is 4.74 Å². The standard InChI is InChI=1S/C21H20N4OS/c1-26-17-9-5-8-16(12-17)14-22-20-19-18(10-11-27-19)24-21(25-20)23-13-15-6-3-2-4-7-15/h2-12H,13-14H2,1H3,(H2,22,23,24,25). The van der Waals surface area contributed by atoms with Crippen molar-refractivity contribution in [1.82, 2.24) is 9.97 Å². The lowest BCUT2D eigenvalue weighted by atomic mass is 10.2. The number of nitrogens with zero attached hydrogens (tertiary/aromatic N) is 2. The molecule has 0 unspecified atom stereocenters. The van der Waals surface area contributed by atoms with Gasteiger partial charge in [-0.15, -0.1) is 11.3 Å². The van der Waals surface area contributed by atoms with Crippen LogP contribution in [-0.4, -0.2) is 17.1 Å². The number of anilines is 2. The van der Waals surface area contributed by atoms with E-state index in [1.807, 2.05) is 47.8 Å². The molecule has 4 aromatic rings. The number of benzene rings is 2. The monoisotopic (exact) mass is 376 g/mol. The van der Waals surface area contributed by atoms with Crippen molar-refractivity contribution in [2.45, 2.75) is 13.1 Å². The molecule has 4 rings (SSSR count). The number of methoxy groups -OCH3 is 1. The van der Waals surface area contributed by atoms with Crippen LogP contribution in [0.5, 0.6) is 5.75 Å². The van der Waals surface area contributed by atoms with Crippen LogP contribution in [0.1, 0.15) is 11.1 Å². The maximum absolute atomic E-state index is 5.30. The summed E-state index contributed by atoms with van der Waals surface area (Å²) in [4.78, 5) is 9.31. The lowest BCUT2D eigenvalue weighted by molar-refractivity contribution is 0.414. The molecule has 0 aliphatic heterocycles. The molecule has 136 valence electrons. The maximum atomic E-state index is 5.30. The smallest absolute Gasteiger partial charge is 0.225 e. The van der Waals surface area contributed by atoms with E-state index in [4.69, 9.17) is 9.72 Å². The van der Waals surface area contributed by atoms with E-state index in [1.54, 1.807) is 18.4 Å². The molecule has 0 saturated heterocycles. The molecule has 2 heterocycles. The third-order valence-electron chi connectivity index (χ3n) is 4.19. The summed E-state index contributed by atoms with van der Waals surface area (Å²) in [6.07, 6.45) is 0. The average Bonchev–Trinajstić information content (AvgIpc) is 3.20. The van der Waals surface area contributed by atoms with Gasteiger partial charge in [-0.1, -0.05) is 42.5 Å². The molecule has 6 heteroatoms. The average molecular weight is 376 g/mol. The Bertz CT molecular complexity index is 1030. The highest BCUT2D eigenvalue weighted by Crippen LogP contribution is 2.28. The summed E-state index contributed by atoms with van der Waals surface area (Å²) in [7, 11) is 1.68. The van der Waals surface area contributed by atoms with Crippen LogP contribution >= 0.6 is 11.3 Å². The summed E-state index contributed by atoms with van der Waals surface area (Å²) in [5, 5.41) is 8.80. The minimum atomic E-state index is 0.623. The minimum absolute atomic E-state index is 0.623. The molecule has 0 amide bonds. The van der Waals surface area contributed by atoms with Gasteiger partial charge in [0.1, 0.15) is 11.6 Å². The van der Waals surface area contributed by atoms with Gasteiger partial charge in [-0.2, -0.15) is 4.98 Å². The molecule has 5 nitrogen and oxygen atoms in total. The second kappa shape index (κ2) is 8.05. The Labute approximate surface area is 162 Å². The van der Waals surface area contributed by atoms with Crippen LogP contribution < -0.4 is 15.4 Å². The van der Waals surface area contributed by atoms with Crippen molar-refractivity contribution in [3.8, 4) is 5.75 Å². The van der Waals surface area contributed by atoms with Crippen LogP contribution in [0.25, 0.3) is 10.2 Å². The lowest BCUT2D eigenvalue weighted by Crippen LogP contribution is -2.07. The third kappa shape index (κ3) is 4.17. The van der Waals surface area contributed by atoms with Crippen LogP contribution in [0.3, 0.4) is 0 Å². The quantitative estimate of drug-likeness (QED) is 0.479. The summed E-state index contributed by atoms with van der Waals surface area (Å²) in [6.45, 7) is 1.35. The van der Waals surface area contributed by atoms with Crippen LogP contribution in [0.4, 0.5) is 11.8 Å². The van der Waals surface area contributed by atoms with Crippen molar-refractivity contribution in [3.63, 3.8) is 0 Å². The summed E-state index contributed by atoms with van der Waals surface area (Å²) < 4.78 is 6.35. The molecule has 2 aromatic heterocycles. The van der Waals surface area contributed by atoms with Crippen LogP contribution in [0.15, 0.2) is 66.0 Å². The van der Waals surface area contributed by atoms with Gasteiger partial charge in [-0.05, 0) is 34.7 Å². The van der Waals surface area contributed by atoms with Gasteiger partial charge in [-0.25, -0.2) is 4.98 Å². The molecule has 0 bridgehead atoms. The first-order valence-corrected chi connectivity index (χ1v) is 9.59. The number of rotatable bonds is 7. The summed E-state index contributed by atoms with van der Waals surface area (Å²) in [5.74, 6) is 2.31. The fourth-order valence-electron chi connectivity index (χ4n) is 2.81. The predicted octanol–water partition coefficient (Wildman–Crippen LogP) is 4.92. The first-order chi connectivity index (χ1) is 13.3. The Hall–Kier alpha value is -3.12. The number of nitrogens with one attached hydrogen (secondary N) is 2. The van der Waals surface area contributed by atoms with Gasteiger partial charge in [0.05, 0.1) is 17.3 Å². The Morgan fingerprint density at radius 3 is 2.56 bits per heavy atom. The zero-order chi connectivity index (χ0) is 18.5. The van der Waals surface area contributed by atoms with E-state index in [1.165, 1.54) is 5.56 Å². The van der Waals surface area contributed by atoms with E-state index < -0.39 is 0 Å². The third-order valence-corrected chi connectivity index (χ3v) is 5.10. The van der Waals surface area contributed by atoms with Crippen LogP contribution in [0, 0.1) is 0 Å². The van der Waals surface area contributed by atoms with Crippen molar-refractivity contribution in [2.75, 3.05) is 17.7 Å². The molecule has 27 heavy (non-hydrogen) atoms. The number of fused-ring (bicyclic) bond motifs is 1. The first kappa shape index (κ1) is 17.3. The van der Waals surface area contributed by atoms with Crippen LogP contribution in [0.2, 0.25) is 0 Å². The van der Waals surface area contributed by atoms with E-state index in [0.717, 1.165) is 27.3 Å². The molecule has 0 saturated carbocycles. The highest BCUT2D eigenvalue weighted by atomic mass is 32.1. The van der Waals surface area contributed by atoms with E-state index in [-0.39, 0.29) is 0 Å². The van der Waals surface area contributed by atoms with Crippen LogP contribution in [-0.2, 0) is 13.1 Å². The lowest BCUT2D eigenvalue weighted by Gasteiger charge is -2.11. The van der Waals surface area contributed by atoms with Gasteiger partial charge in [-0.3, -0.25) is 0 Å². The van der Waals surface area contributed by atoms with Crippen molar-refractivity contribution in [3.05, 3.63) is 77.2 Å². The summed E-state index contributed by atoms with van der Waals surface area (Å²) in [6, 6.07) is 20.3. The second-order valence-corrected chi connectivity index (χ2v) is 6.99. The molecule has 0 fully saturated rings. The maximum Gasteiger partial charge on any atom is 0.225 e. The topological polar surface area (TPSA) is 59.1 Å². The van der Waals surface area contributed by atoms with Crippen molar-refractivity contribution in [2.24, 2.45) is 0 Å². The highest BCUT2D eigenvalue weighted by molar-refractivity contribution is 7.17. The van der Waals surface area contributed by atoms with Gasteiger partial charge in [0.25, 0.3) is 0 Å². The molecule has 0 spiro atoms. The zero-order valence-electron chi connectivity index (χ0n) is 15.0. The number of aromatic nitrogens is 2. The largest absolute Gasteiger partial charge is 0.497 e. The minimum Gasteiger partial charge on any atom is -0.497 e. The molecule has 0 radical (unpaired) electrons. The molecule has 2 aromatic carbocycles. The highest BCUT2D eigenvalue weighted by Gasteiger charge is 2.09. The van der Waals surface area contributed by atoms with E-state index in [9.17, 15) is 0 Å². The van der Waals surface area contributed by atoms with E-state index >= 15 is 0 Å². The van der Waals surface area contributed by atoms with E-state index in [2.05, 4.69) is 33.8 Å². The van der Waals surface area contributed by atoms with Gasteiger partial charge in [0.2, 0.25) is 5.95 Å². The number of thiophene rings is 1. The van der Waals surface area contributed by atoms with Gasteiger partial charge < -0.3 is 15.4 Å². The van der Waals surface area contributed by atoms with E-state index in [0.29, 0.717) is 19.0 Å². The van der Waals surface area contributed by atoms with Gasteiger partial charge in [0.15, 0.2) is 0 Å². The first-order valence-electron chi connectivity index (χ1n) is 8.71. The SMILES string of the molecule is COc1cccc(CNc2nc(NCc3ccccc3)nc3ccsc23)c1. The Balaban J connectivity index is 1.53. The van der Waals surface area contributed by atoms with Gasteiger partial charge >= 0.3 is 0 Å². The Morgan fingerprint density at radius 2 is 1.70 bits per heavy atom. The molecular formula is C21H20N4OS. The van der Waals surface area contributed by atoms with Crippen molar-refractivity contribution in [1.29, 1.82) is 0 Å². The second-order valence-electron chi connectivity index (χ2n) is 6.08. The molecule has 0 aliphatic carbocycles. The summed E-state index contributed by atoms with van der Waals surface area (Å²) in [5.41, 5.74) is 3.27. The zero-order valence-corrected chi connectivity index (χ0v) is 15.8. The number of ether oxygens (including phenoxy) is 1. The summed E-state index contributed by atoms with van der Waals surface area (Å²) >= 11 is 1.64. The number of hydrogen-bond donors (Lipinski definition) is 2. The van der Waals surface area contributed by atoms with Gasteiger partial charge in [0, 0.05) is 13.1 Å². The molecule has 0 atom stereocenters. The number of hydrogen-bond acceptors (Lipinski definition) is 6. The molecule has 0 aliphatic rings. The fraction of sp³-hybridized carbons (Fsp3) is 0.143. The fourth-order valence-corrected chi connectivity index (χ4v) is 3.60. The molecule has 2 N–H and O–H groups in total. The molecular weight excluding hydrogens is 356 g/mol. The Morgan fingerprint density at radius 1 is 0.889 bits per heavy atom. The normalized spacial score (nSPS) is 10.7. The van der Waals surface area contributed by atoms with Crippen molar-refractivity contribution >= 4 is 33.3 Å². The predicted molar refractivity (Wildman–Crippen MR) is 112 cm³/mol. The Kier molecular flexibility index (Phi) is 5.16.